The number of ether oxygens (including phenoxy) is 1. The molecule has 0 radical (unpaired) electrons. The van der Waals surface area contributed by atoms with Gasteiger partial charge in [0.15, 0.2) is 5.16 Å². The Kier molecular flexibility index (Phi) is 4.95. The maximum Gasteiger partial charge on any atom is 0.230 e. The number of nitrogens with zero attached hydrogens (tertiary/aromatic N) is 4. The first kappa shape index (κ1) is 15.0. The maximum atomic E-state index is 6.02. The van der Waals surface area contributed by atoms with Crippen molar-refractivity contribution in [1.82, 2.24) is 15.0 Å². The lowest BCUT2D eigenvalue weighted by Gasteiger charge is -2.26. The minimum Gasteiger partial charge on any atom is -0.378 e. The maximum absolute atomic E-state index is 6.02. The standard InChI is InChI=1S/C13H12BrClN4OS/c14-9-1-3-10(4-2-9)21-13-17-11(15)16-12(18-13)19-5-7-20-8-6-19/h1-4H,5-8H2. The molecule has 0 saturated carbocycles. The number of benzene rings is 1. The number of hydrogen-bond acceptors (Lipinski definition) is 6. The SMILES string of the molecule is Clc1nc(Sc2ccc(Br)cc2)nc(N2CCOCC2)n1. The summed E-state index contributed by atoms with van der Waals surface area (Å²) in [6.45, 7) is 2.89. The minimum atomic E-state index is 0.214. The number of hydrogen-bond donors (Lipinski definition) is 0. The van der Waals surface area contributed by atoms with Gasteiger partial charge in [-0.25, -0.2) is 0 Å². The fraction of sp³-hybridized carbons (Fsp3) is 0.308. The Bertz CT molecular complexity index is 622. The molecule has 1 aromatic heterocycles. The predicted molar refractivity (Wildman–Crippen MR) is 86.1 cm³/mol. The molecule has 110 valence electrons. The Morgan fingerprint density at radius 2 is 1.81 bits per heavy atom. The second-order valence-electron chi connectivity index (χ2n) is 4.34. The van der Waals surface area contributed by atoms with E-state index in [0.717, 1.165) is 22.5 Å². The summed E-state index contributed by atoms with van der Waals surface area (Å²) in [5.41, 5.74) is 0. The fourth-order valence-corrected chi connectivity index (χ4v) is 3.09. The van der Waals surface area contributed by atoms with Gasteiger partial charge in [0.25, 0.3) is 0 Å². The van der Waals surface area contributed by atoms with Gasteiger partial charge in [-0.15, -0.1) is 0 Å². The second kappa shape index (κ2) is 6.91. The van der Waals surface area contributed by atoms with Crippen LogP contribution in [0.3, 0.4) is 0 Å². The van der Waals surface area contributed by atoms with Crippen molar-refractivity contribution in [2.45, 2.75) is 10.1 Å². The van der Waals surface area contributed by atoms with Gasteiger partial charge < -0.3 is 9.64 Å². The van der Waals surface area contributed by atoms with Gasteiger partial charge in [0.1, 0.15) is 0 Å². The number of halogens is 2. The molecule has 2 heterocycles. The van der Waals surface area contributed by atoms with E-state index in [4.69, 9.17) is 16.3 Å². The van der Waals surface area contributed by atoms with E-state index in [2.05, 4.69) is 35.8 Å². The molecule has 8 heteroatoms. The third kappa shape index (κ3) is 4.06. The van der Waals surface area contributed by atoms with Crippen LogP contribution in [0.5, 0.6) is 0 Å². The second-order valence-corrected chi connectivity index (χ2v) is 6.64. The largest absolute Gasteiger partial charge is 0.378 e. The Hall–Kier alpha value is -0.890. The molecule has 0 amide bonds. The van der Waals surface area contributed by atoms with Crippen molar-refractivity contribution in [2.24, 2.45) is 0 Å². The van der Waals surface area contributed by atoms with Crippen molar-refractivity contribution >= 4 is 45.2 Å². The molecule has 21 heavy (non-hydrogen) atoms. The summed E-state index contributed by atoms with van der Waals surface area (Å²) in [6.07, 6.45) is 0. The molecule has 0 bridgehead atoms. The summed E-state index contributed by atoms with van der Waals surface area (Å²) < 4.78 is 6.37. The first-order valence-corrected chi connectivity index (χ1v) is 8.37. The van der Waals surface area contributed by atoms with Gasteiger partial charge >= 0.3 is 0 Å². The third-order valence-corrected chi connectivity index (χ3v) is 4.46. The topological polar surface area (TPSA) is 51.1 Å². The van der Waals surface area contributed by atoms with Gasteiger partial charge in [-0.1, -0.05) is 15.9 Å². The van der Waals surface area contributed by atoms with Crippen LogP contribution >= 0.6 is 39.3 Å². The van der Waals surface area contributed by atoms with Crippen molar-refractivity contribution in [3.05, 3.63) is 34.0 Å². The van der Waals surface area contributed by atoms with E-state index in [1.807, 2.05) is 24.3 Å². The van der Waals surface area contributed by atoms with E-state index < -0.39 is 0 Å². The van der Waals surface area contributed by atoms with E-state index in [1.165, 1.54) is 11.8 Å². The van der Waals surface area contributed by atoms with Crippen molar-refractivity contribution in [2.75, 3.05) is 31.2 Å². The molecular weight excluding hydrogens is 376 g/mol. The van der Waals surface area contributed by atoms with Gasteiger partial charge in [0.05, 0.1) is 13.2 Å². The Morgan fingerprint density at radius 1 is 1.10 bits per heavy atom. The molecule has 1 aliphatic rings. The van der Waals surface area contributed by atoms with E-state index in [9.17, 15) is 0 Å². The first-order chi connectivity index (χ1) is 10.2. The molecule has 0 N–H and O–H groups in total. The summed E-state index contributed by atoms with van der Waals surface area (Å²) in [6, 6.07) is 7.96. The Balaban J connectivity index is 1.81. The highest BCUT2D eigenvalue weighted by Crippen LogP contribution is 2.27. The lowest BCUT2D eigenvalue weighted by molar-refractivity contribution is 0.122. The summed E-state index contributed by atoms with van der Waals surface area (Å²) in [4.78, 5) is 16.0. The van der Waals surface area contributed by atoms with Crippen LogP contribution in [0, 0.1) is 0 Å². The predicted octanol–water partition coefficient (Wildman–Crippen LogP) is 3.28. The van der Waals surface area contributed by atoms with Crippen LogP contribution in [0.2, 0.25) is 5.28 Å². The molecule has 0 spiro atoms. The molecular formula is C13H12BrClN4OS. The molecule has 1 aromatic carbocycles. The zero-order valence-electron chi connectivity index (χ0n) is 11.0. The number of rotatable bonds is 3. The summed E-state index contributed by atoms with van der Waals surface area (Å²) in [5, 5.41) is 0.810. The molecule has 0 aliphatic carbocycles. The Labute approximate surface area is 140 Å². The van der Waals surface area contributed by atoms with Gasteiger partial charge in [-0.3, -0.25) is 0 Å². The van der Waals surface area contributed by atoms with E-state index in [0.29, 0.717) is 24.3 Å². The highest BCUT2D eigenvalue weighted by molar-refractivity contribution is 9.10. The number of aromatic nitrogens is 3. The van der Waals surface area contributed by atoms with Gasteiger partial charge in [-0.05, 0) is 47.6 Å². The number of anilines is 1. The molecule has 1 saturated heterocycles. The van der Waals surface area contributed by atoms with E-state index in [1.54, 1.807) is 0 Å². The highest BCUT2D eigenvalue weighted by atomic mass is 79.9. The summed E-state index contributed by atoms with van der Waals surface area (Å²) in [7, 11) is 0. The van der Waals surface area contributed by atoms with Gasteiger partial charge in [0.2, 0.25) is 11.2 Å². The van der Waals surface area contributed by atoms with Crippen molar-refractivity contribution in [3.8, 4) is 0 Å². The van der Waals surface area contributed by atoms with Crippen molar-refractivity contribution < 1.29 is 4.74 Å². The fourth-order valence-electron chi connectivity index (χ4n) is 1.88. The molecule has 2 aromatic rings. The highest BCUT2D eigenvalue weighted by Gasteiger charge is 2.16. The van der Waals surface area contributed by atoms with Crippen LogP contribution in [-0.4, -0.2) is 41.3 Å². The van der Waals surface area contributed by atoms with Crippen LogP contribution < -0.4 is 4.90 Å². The minimum absolute atomic E-state index is 0.214. The average molecular weight is 388 g/mol. The van der Waals surface area contributed by atoms with Crippen molar-refractivity contribution in [3.63, 3.8) is 0 Å². The van der Waals surface area contributed by atoms with Gasteiger partial charge in [0, 0.05) is 22.5 Å². The normalized spacial score (nSPS) is 15.2. The number of morpholine rings is 1. The zero-order valence-corrected chi connectivity index (χ0v) is 14.2. The molecule has 3 rings (SSSR count). The van der Waals surface area contributed by atoms with Crippen LogP contribution in [0.4, 0.5) is 5.95 Å². The monoisotopic (exact) mass is 386 g/mol. The van der Waals surface area contributed by atoms with Crippen LogP contribution in [0.25, 0.3) is 0 Å². The lowest BCUT2D eigenvalue weighted by atomic mass is 10.4. The zero-order chi connectivity index (χ0) is 14.7. The van der Waals surface area contributed by atoms with Crippen LogP contribution in [-0.2, 0) is 4.74 Å². The van der Waals surface area contributed by atoms with Gasteiger partial charge in [-0.2, -0.15) is 15.0 Å². The molecule has 1 aliphatic heterocycles. The lowest BCUT2D eigenvalue weighted by Crippen LogP contribution is -2.37. The van der Waals surface area contributed by atoms with Crippen LogP contribution in [0.1, 0.15) is 0 Å². The van der Waals surface area contributed by atoms with Crippen LogP contribution in [0.15, 0.2) is 38.8 Å². The average Bonchev–Trinajstić information content (AvgIpc) is 2.50. The van der Waals surface area contributed by atoms with Crippen molar-refractivity contribution in [1.29, 1.82) is 0 Å². The Morgan fingerprint density at radius 3 is 2.52 bits per heavy atom. The summed E-state index contributed by atoms with van der Waals surface area (Å²) >= 11 is 10.9. The molecule has 0 atom stereocenters. The van der Waals surface area contributed by atoms with E-state index in [-0.39, 0.29) is 5.28 Å². The smallest absolute Gasteiger partial charge is 0.230 e. The van der Waals surface area contributed by atoms with E-state index >= 15 is 0 Å². The molecule has 1 fully saturated rings. The molecule has 5 nitrogen and oxygen atoms in total. The quantitative estimate of drug-likeness (QED) is 0.805. The first-order valence-electron chi connectivity index (χ1n) is 6.38. The molecule has 0 unspecified atom stereocenters. The third-order valence-electron chi connectivity index (χ3n) is 2.89. The summed E-state index contributed by atoms with van der Waals surface area (Å²) in [5.74, 6) is 0.609.